The average molecular weight is 194 g/mol. The van der Waals surface area contributed by atoms with Crippen LogP contribution in [0.5, 0.6) is 0 Å². The van der Waals surface area contributed by atoms with Crippen molar-refractivity contribution in [2.75, 3.05) is 6.54 Å². The van der Waals surface area contributed by atoms with Crippen LogP contribution in [0.3, 0.4) is 0 Å². The minimum Gasteiger partial charge on any atom is -0.326 e. The molecule has 1 heterocycles. The maximum Gasteiger partial charge on any atom is 0.223 e. The summed E-state index contributed by atoms with van der Waals surface area (Å²) < 4.78 is 0. The fourth-order valence-electron chi connectivity index (χ4n) is 1.72. The number of nitrogens with zero attached hydrogens (tertiary/aromatic N) is 2. The first-order valence-electron chi connectivity index (χ1n) is 4.87. The predicted molar refractivity (Wildman–Crippen MR) is 50.2 cm³/mol. The molecule has 0 N–H and O–H groups in total. The van der Waals surface area contributed by atoms with Gasteiger partial charge in [0.1, 0.15) is 12.3 Å². The molecule has 1 aliphatic rings. The number of carbonyl (C=O) groups is 2. The summed E-state index contributed by atoms with van der Waals surface area (Å²) in [4.78, 5) is 23.6. The van der Waals surface area contributed by atoms with Crippen LogP contribution in [0.2, 0.25) is 0 Å². The largest absolute Gasteiger partial charge is 0.326 e. The summed E-state index contributed by atoms with van der Waals surface area (Å²) in [6.45, 7) is 2.34. The van der Waals surface area contributed by atoms with E-state index in [9.17, 15) is 9.59 Å². The highest BCUT2D eigenvalue weighted by Crippen LogP contribution is 2.22. The molecule has 4 heteroatoms. The van der Waals surface area contributed by atoms with Gasteiger partial charge in [0.2, 0.25) is 5.91 Å². The zero-order chi connectivity index (χ0) is 10.6. The Labute approximate surface area is 83.5 Å². The monoisotopic (exact) mass is 194 g/mol. The van der Waals surface area contributed by atoms with Crippen molar-refractivity contribution >= 4 is 12.2 Å². The van der Waals surface area contributed by atoms with Gasteiger partial charge in [0.25, 0.3) is 0 Å². The number of aldehydes is 1. The number of hydrogen-bond acceptors (Lipinski definition) is 3. The molecule has 4 nitrogen and oxygen atoms in total. The molecule has 0 aromatic heterocycles. The third kappa shape index (κ3) is 2.11. The lowest BCUT2D eigenvalue weighted by molar-refractivity contribution is -0.131. The molecule has 1 amide bonds. The van der Waals surface area contributed by atoms with E-state index in [1.54, 1.807) is 0 Å². The van der Waals surface area contributed by atoms with E-state index in [0.29, 0.717) is 19.4 Å². The second-order valence-corrected chi connectivity index (χ2v) is 3.57. The SMILES string of the molecule is CCCC(=O)N1CC(C=O)CC1C#N. The highest BCUT2D eigenvalue weighted by atomic mass is 16.2. The molecule has 0 aliphatic carbocycles. The van der Waals surface area contributed by atoms with E-state index in [1.165, 1.54) is 4.90 Å². The molecular weight excluding hydrogens is 180 g/mol. The molecule has 2 atom stereocenters. The van der Waals surface area contributed by atoms with E-state index in [0.717, 1.165) is 12.7 Å². The fraction of sp³-hybridized carbons (Fsp3) is 0.700. The number of nitriles is 1. The first-order chi connectivity index (χ1) is 6.72. The Morgan fingerprint density at radius 2 is 2.43 bits per heavy atom. The van der Waals surface area contributed by atoms with Gasteiger partial charge in [0, 0.05) is 18.9 Å². The maximum absolute atomic E-state index is 11.5. The van der Waals surface area contributed by atoms with Crippen molar-refractivity contribution in [1.29, 1.82) is 5.26 Å². The Hall–Kier alpha value is -1.37. The van der Waals surface area contributed by atoms with E-state index in [1.807, 2.05) is 6.92 Å². The molecule has 1 saturated heterocycles. The number of likely N-dealkylation sites (tertiary alicyclic amines) is 1. The summed E-state index contributed by atoms with van der Waals surface area (Å²) in [6, 6.07) is 1.66. The van der Waals surface area contributed by atoms with Gasteiger partial charge in [-0.1, -0.05) is 6.92 Å². The zero-order valence-electron chi connectivity index (χ0n) is 8.27. The van der Waals surface area contributed by atoms with Crippen LogP contribution >= 0.6 is 0 Å². The molecular formula is C10H14N2O2. The third-order valence-electron chi connectivity index (χ3n) is 2.46. The maximum atomic E-state index is 11.5. The predicted octanol–water partition coefficient (Wildman–Crippen LogP) is 0.726. The van der Waals surface area contributed by atoms with E-state index >= 15 is 0 Å². The lowest BCUT2D eigenvalue weighted by atomic mass is 10.1. The van der Waals surface area contributed by atoms with E-state index in [2.05, 4.69) is 6.07 Å². The van der Waals surface area contributed by atoms with Gasteiger partial charge in [-0.05, 0) is 12.8 Å². The Kier molecular flexibility index (Phi) is 3.63. The van der Waals surface area contributed by atoms with Crippen molar-refractivity contribution in [2.45, 2.75) is 32.2 Å². The Morgan fingerprint density at radius 3 is 2.93 bits per heavy atom. The number of amides is 1. The van der Waals surface area contributed by atoms with Crippen molar-refractivity contribution in [3.63, 3.8) is 0 Å². The second-order valence-electron chi connectivity index (χ2n) is 3.57. The number of rotatable bonds is 3. The quantitative estimate of drug-likeness (QED) is 0.622. The van der Waals surface area contributed by atoms with Gasteiger partial charge in [-0.15, -0.1) is 0 Å². The van der Waals surface area contributed by atoms with Gasteiger partial charge in [-0.3, -0.25) is 4.79 Å². The molecule has 76 valence electrons. The summed E-state index contributed by atoms with van der Waals surface area (Å²) in [7, 11) is 0. The van der Waals surface area contributed by atoms with Crippen molar-refractivity contribution < 1.29 is 9.59 Å². The van der Waals surface area contributed by atoms with Crippen molar-refractivity contribution in [1.82, 2.24) is 4.90 Å². The van der Waals surface area contributed by atoms with E-state index < -0.39 is 6.04 Å². The summed E-state index contributed by atoms with van der Waals surface area (Å²) >= 11 is 0. The van der Waals surface area contributed by atoms with Crippen molar-refractivity contribution in [3.8, 4) is 6.07 Å². The number of carbonyl (C=O) groups excluding carboxylic acids is 2. The Morgan fingerprint density at radius 1 is 1.71 bits per heavy atom. The van der Waals surface area contributed by atoms with Gasteiger partial charge in [-0.2, -0.15) is 5.26 Å². The lowest BCUT2D eigenvalue weighted by Gasteiger charge is -2.18. The Balaban J connectivity index is 2.64. The van der Waals surface area contributed by atoms with Crippen LogP contribution in [-0.2, 0) is 9.59 Å². The van der Waals surface area contributed by atoms with Gasteiger partial charge >= 0.3 is 0 Å². The van der Waals surface area contributed by atoms with Gasteiger partial charge in [0.05, 0.1) is 6.07 Å². The zero-order valence-corrected chi connectivity index (χ0v) is 8.27. The standard InChI is InChI=1S/C10H14N2O2/c1-2-3-10(14)12-6-8(7-13)4-9(12)5-11/h7-9H,2-4,6H2,1H3. The third-order valence-corrected chi connectivity index (χ3v) is 2.46. The minimum absolute atomic E-state index is 0.0107. The van der Waals surface area contributed by atoms with Crippen LogP contribution in [0, 0.1) is 17.2 Å². The lowest BCUT2D eigenvalue weighted by Crippen LogP contribution is -2.34. The van der Waals surface area contributed by atoms with Crippen LogP contribution in [0.15, 0.2) is 0 Å². The molecule has 1 aliphatic heterocycles. The fourth-order valence-corrected chi connectivity index (χ4v) is 1.72. The van der Waals surface area contributed by atoms with Crippen LogP contribution in [-0.4, -0.2) is 29.7 Å². The molecule has 0 spiro atoms. The highest BCUT2D eigenvalue weighted by molar-refractivity contribution is 5.78. The first kappa shape index (κ1) is 10.7. The summed E-state index contributed by atoms with van der Waals surface area (Å²) in [5, 5.41) is 8.81. The molecule has 1 rings (SSSR count). The van der Waals surface area contributed by atoms with Crippen LogP contribution in [0.25, 0.3) is 0 Å². The van der Waals surface area contributed by atoms with Gasteiger partial charge in [0.15, 0.2) is 0 Å². The summed E-state index contributed by atoms with van der Waals surface area (Å²) in [5.41, 5.74) is 0. The molecule has 14 heavy (non-hydrogen) atoms. The van der Waals surface area contributed by atoms with Crippen molar-refractivity contribution in [3.05, 3.63) is 0 Å². The molecule has 0 aromatic carbocycles. The van der Waals surface area contributed by atoms with Crippen LogP contribution in [0.1, 0.15) is 26.2 Å². The van der Waals surface area contributed by atoms with E-state index in [-0.39, 0.29) is 11.8 Å². The van der Waals surface area contributed by atoms with Crippen LogP contribution in [0.4, 0.5) is 0 Å². The topological polar surface area (TPSA) is 61.2 Å². The second kappa shape index (κ2) is 4.75. The van der Waals surface area contributed by atoms with E-state index in [4.69, 9.17) is 5.26 Å². The molecule has 0 bridgehead atoms. The Bertz CT molecular complexity index is 270. The van der Waals surface area contributed by atoms with Gasteiger partial charge < -0.3 is 9.69 Å². The molecule has 0 aromatic rings. The summed E-state index contributed by atoms with van der Waals surface area (Å²) in [6.07, 6.45) is 2.57. The average Bonchev–Trinajstić information content (AvgIpc) is 2.61. The van der Waals surface area contributed by atoms with Gasteiger partial charge in [-0.25, -0.2) is 0 Å². The minimum atomic E-state index is -0.399. The van der Waals surface area contributed by atoms with Crippen LogP contribution < -0.4 is 0 Å². The molecule has 0 radical (unpaired) electrons. The smallest absolute Gasteiger partial charge is 0.223 e. The normalized spacial score (nSPS) is 25.9. The molecule has 0 saturated carbocycles. The summed E-state index contributed by atoms with van der Waals surface area (Å²) in [5.74, 6) is -0.163. The molecule has 1 fully saturated rings. The highest BCUT2D eigenvalue weighted by Gasteiger charge is 2.34. The molecule has 2 unspecified atom stereocenters. The van der Waals surface area contributed by atoms with Crippen molar-refractivity contribution in [2.24, 2.45) is 5.92 Å². The first-order valence-corrected chi connectivity index (χ1v) is 4.87. The number of hydrogen-bond donors (Lipinski definition) is 0.